The van der Waals surface area contributed by atoms with Crippen molar-refractivity contribution >= 4 is 5.69 Å². The van der Waals surface area contributed by atoms with Crippen LogP contribution in [0.2, 0.25) is 0 Å². The van der Waals surface area contributed by atoms with E-state index in [1.54, 1.807) is 24.1 Å². The Morgan fingerprint density at radius 1 is 1.32 bits per heavy atom. The van der Waals surface area contributed by atoms with Crippen LogP contribution in [0.5, 0.6) is 0 Å². The summed E-state index contributed by atoms with van der Waals surface area (Å²) in [6.07, 6.45) is -1.31. The second-order valence-corrected chi connectivity index (χ2v) is 4.06. The van der Waals surface area contributed by atoms with Gasteiger partial charge in [-0.3, -0.25) is 4.68 Å². The SMILES string of the molecule is Cn1cc(NCc2ccc(C(F)(F)F)cc2F)cn1. The summed E-state index contributed by atoms with van der Waals surface area (Å²) in [7, 11) is 1.73. The number of rotatable bonds is 3. The van der Waals surface area contributed by atoms with E-state index in [0.29, 0.717) is 11.8 Å². The van der Waals surface area contributed by atoms with E-state index in [2.05, 4.69) is 10.4 Å². The number of nitrogens with one attached hydrogen (secondary N) is 1. The van der Waals surface area contributed by atoms with E-state index < -0.39 is 17.6 Å². The molecule has 0 aliphatic carbocycles. The molecule has 19 heavy (non-hydrogen) atoms. The third-order valence-electron chi connectivity index (χ3n) is 2.57. The first kappa shape index (κ1) is 13.4. The topological polar surface area (TPSA) is 29.9 Å². The average Bonchev–Trinajstić information content (AvgIpc) is 2.72. The van der Waals surface area contributed by atoms with Crippen LogP contribution in [0.25, 0.3) is 0 Å². The molecule has 0 saturated carbocycles. The number of aromatic nitrogens is 2. The van der Waals surface area contributed by atoms with Crippen LogP contribution in [-0.2, 0) is 19.8 Å². The molecule has 1 aromatic heterocycles. The predicted octanol–water partition coefficient (Wildman–Crippen LogP) is 3.19. The third kappa shape index (κ3) is 3.24. The summed E-state index contributed by atoms with van der Waals surface area (Å²) in [4.78, 5) is 0. The Morgan fingerprint density at radius 2 is 2.05 bits per heavy atom. The van der Waals surface area contributed by atoms with Gasteiger partial charge in [-0.1, -0.05) is 6.07 Å². The molecule has 102 valence electrons. The average molecular weight is 273 g/mol. The van der Waals surface area contributed by atoms with Crippen molar-refractivity contribution in [3.63, 3.8) is 0 Å². The Kier molecular flexibility index (Phi) is 3.46. The molecular formula is C12H11F4N3. The van der Waals surface area contributed by atoms with Crippen LogP contribution in [-0.4, -0.2) is 9.78 Å². The van der Waals surface area contributed by atoms with Gasteiger partial charge in [0, 0.05) is 25.4 Å². The normalized spacial score (nSPS) is 11.6. The Morgan fingerprint density at radius 3 is 2.58 bits per heavy atom. The fourth-order valence-corrected chi connectivity index (χ4v) is 1.58. The molecule has 0 amide bonds. The number of alkyl halides is 3. The van der Waals surface area contributed by atoms with Crippen molar-refractivity contribution in [2.24, 2.45) is 7.05 Å². The van der Waals surface area contributed by atoms with Gasteiger partial charge >= 0.3 is 6.18 Å². The molecule has 0 bridgehead atoms. The molecule has 0 spiro atoms. The molecule has 3 nitrogen and oxygen atoms in total. The standard InChI is InChI=1S/C12H11F4N3/c1-19-7-10(6-18-19)17-5-8-2-3-9(4-11(8)13)12(14,15)16/h2-4,6-7,17H,5H2,1H3. The van der Waals surface area contributed by atoms with E-state index in [9.17, 15) is 17.6 Å². The van der Waals surface area contributed by atoms with Crippen LogP contribution in [0, 0.1) is 5.82 Å². The highest BCUT2D eigenvalue weighted by Gasteiger charge is 2.31. The Hall–Kier alpha value is -2.05. The van der Waals surface area contributed by atoms with Gasteiger partial charge < -0.3 is 5.32 Å². The van der Waals surface area contributed by atoms with Gasteiger partial charge in [-0.2, -0.15) is 18.3 Å². The minimum Gasteiger partial charge on any atom is -0.378 e. The van der Waals surface area contributed by atoms with E-state index in [1.807, 2.05) is 0 Å². The quantitative estimate of drug-likeness (QED) is 0.870. The predicted molar refractivity (Wildman–Crippen MR) is 61.9 cm³/mol. The third-order valence-corrected chi connectivity index (χ3v) is 2.57. The maximum absolute atomic E-state index is 13.5. The molecule has 0 fully saturated rings. The van der Waals surface area contributed by atoms with Gasteiger partial charge in [-0.25, -0.2) is 4.39 Å². The van der Waals surface area contributed by atoms with Crippen molar-refractivity contribution in [1.82, 2.24) is 9.78 Å². The van der Waals surface area contributed by atoms with Crippen LogP contribution in [0.15, 0.2) is 30.6 Å². The Balaban J connectivity index is 2.09. The lowest BCUT2D eigenvalue weighted by Crippen LogP contribution is -2.07. The molecule has 0 saturated heterocycles. The lowest BCUT2D eigenvalue weighted by atomic mass is 10.1. The van der Waals surface area contributed by atoms with Gasteiger partial charge in [0.2, 0.25) is 0 Å². The summed E-state index contributed by atoms with van der Waals surface area (Å²) < 4.78 is 52.2. The number of anilines is 1. The molecule has 1 N–H and O–H groups in total. The lowest BCUT2D eigenvalue weighted by molar-refractivity contribution is -0.137. The second-order valence-electron chi connectivity index (χ2n) is 4.06. The van der Waals surface area contributed by atoms with E-state index in [1.165, 1.54) is 0 Å². The van der Waals surface area contributed by atoms with Crippen LogP contribution in [0.4, 0.5) is 23.2 Å². The summed E-state index contributed by atoms with van der Waals surface area (Å²) in [6, 6.07) is 2.49. The van der Waals surface area contributed by atoms with Gasteiger partial charge in [0.15, 0.2) is 0 Å². The van der Waals surface area contributed by atoms with Crippen molar-refractivity contribution in [2.75, 3.05) is 5.32 Å². The summed E-state index contributed by atoms with van der Waals surface area (Å²) in [5.41, 5.74) is -0.159. The highest BCUT2D eigenvalue weighted by Crippen LogP contribution is 2.30. The van der Waals surface area contributed by atoms with Crippen LogP contribution >= 0.6 is 0 Å². The minimum absolute atomic E-state index is 0.0929. The molecule has 1 heterocycles. The molecule has 0 aliphatic heterocycles. The van der Waals surface area contributed by atoms with Crippen molar-refractivity contribution < 1.29 is 17.6 Å². The van der Waals surface area contributed by atoms with Crippen LogP contribution in [0.1, 0.15) is 11.1 Å². The minimum atomic E-state index is -4.53. The highest BCUT2D eigenvalue weighted by molar-refractivity contribution is 5.39. The number of benzene rings is 1. The highest BCUT2D eigenvalue weighted by atomic mass is 19.4. The fraction of sp³-hybridized carbons (Fsp3) is 0.250. The summed E-state index contributed by atoms with van der Waals surface area (Å²) in [6.45, 7) is 0.0929. The zero-order chi connectivity index (χ0) is 14.0. The van der Waals surface area contributed by atoms with Gasteiger partial charge in [-0.05, 0) is 12.1 Å². The van der Waals surface area contributed by atoms with Crippen molar-refractivity contribution in [3.05, 3.63) is 47.5 Å². The first-order valence-corrected chi connectivity index (χ1v) is 5.44. The molecule has 0 atom stereocenters. The molecule has 7 heteroatoms. The first-order valence-electron chi connectivity index (χ1n) is 5.44. The van der Waals surface area contributed by atoms with E-state index in [0.717, 1.165) is 12.1 Å². The first-order chi connectivity index (χ1) is 8.86. The monoisotopic (exact) mass is 273 g/mol. The maximum atomic E-state index is 13.5. The second kappa shape index (κ2) is 4.91. The van der Waals surface area contributed by atoms with Gasteiger partial charge in [0.1, 0.15) is 5.82 Å². The van der Waals surface area contributed by atoms with E-state index in [-0.39, 0.29) is 12.1 Å². The summed E-state index contributed by atoms with van der Waals surface area (Å²) in [5, 5.41) is 6.79. The summed E-state index contributed by atoms with van der Waals surface area (Å²) >= 11 is 0. The molecule has 0 unspecified atom stereocenters. The molecule has 1 aromatic carbocycles. The van der Waals surface area contributed by atoms with Crippen LogP contribution < -0.4 is 5.32 Å². The van der Waals surface area contributed by atoms with Crippen molar-refractivity contribution in [2.45, 2.75) is 12.7 Å². The molecular weight excluding hydrogens is 262 g/mol. The maximum Gasteiger partial charge on any atom is 0.416 e. The van der Waals surface area contributed by atoms with Crippen molar-refractivity contribution in [3.8, 4) is 0 Å². The zero-order valence-electron chi connectivity index (χ0n) is 10.0. The van der Waals surface area contributed by atoms with Crippen LogP contribution in [0.3, 0.4) is 0 Å². The smallest absolute Gasteiger partial charge is 0.378 e. The number of nitrogens with zero attached hydrogens (tertiary/aromatic N) is 2. The lowest BCUT2D eigenvalue weighted by Gasteiger charge is -2.09. The molecule has 0 aliphatic rings. The number of hydrogen-bond donors (Lipinski definition) is 1. The fourth-order valence-electron chi connectivity index (χ4n) is 1.58. The largest absolute Gasteiger partial charge is 0.416 e. The van der Waals surface area contributed by atoms with Gasteiger partial charge in [0.25, 0.3) is 0 Å². The van der Waals surface area contributed by atoms with Crippen molar-refractivity contribution in [1.29, 1.82) is 0 Å². The molecule has 0 radical (unpaired) electrons. The number of aryl methyl sites for hydroxylation is 1. The zero-order valence-corrected chi connectivity index (χ0v) is 10.0. The van der Waals surface area contributed by atoms with Gasteiger partial charge in [0.05, 0.1) is 17.4 Å². The van der Waals surface area contributed by atoms with E-state index >= 15 is 0 Å². The molecule has 2 aromatic rings. The van der Waals surface area contributed by atoms with E-state index in [4.69, 9.17) is 0 Å². The van der Waals surface area contributed by atoms with Gasteiger partial charge in [-0.15, -0.1) is 0 Å². The number of hydrogen-bond acceptors (Lipinski definition) is 2. The Labute approximate surface area is 106 Å². The number of halogens is 4. The molecule has 2 rings (SSSR count). The Bertz CT molecular complexity index is 575. The summed E-state index contributed by atoms with van der Waals surface area (Å²) in [5.74, 6) is -0.883.